The van der Waals surface area contributed by atoms with E-state index in [1.54, 1.807) is 23.4 Å². The predicted octanol–water partition coefficient (Wildman–Crippen LogP) is 2.54. The summed E-state index contributed by atoms with van der Waals surface area (Å²) in [7, 11) is 0. The number of likely N-dealkylation sites (tertiary alicyclic amines) is 1. The Morgan fingerprint density at radius 3 is 2.66 bits per heavy atom. The molecule has 4 heterocycles. The minimum atomic E-state index is -4.15. The monoisotopic (exact) mass is 408 g/mol. The van der Waals surface area contributed by atoms with Crippen molar-refractivity contribution in [1.29, 1.82) is 0 Å². The molecule has 1 amide bonds. The van der Waals surface area contributed by atoms with Crippen LogP contribution in [-0.4, -0.2) is 63.6 Å². The van der Waals surface area contributed by atoms with Crippen LogP contribution < -0.4 is 4.90 Å². The van der Waals surface area contributed by atoms with E-state index in [4.69, 9.17) is 0 Å². The molecule has 2 saturated heterocycles. The highest BCUT2D eigenvalue weighted by Gasteiger charge is 2.43. The van der Waals surface area contributed by atoms with Crippen LogP contribution >= 0.6 is 0 Å². The summed E-state index contributed by atoms with van der Waals surface area (Å²) in [5, 5.41) is 10.3. The second kappa shape index (κ2) is 8.00. The number of aromatic amines is 1. The highest BCUT2D eigenvalue weighted by atomic mass is 19.4. The number of halogens is 3. The van der Waals surface area contributed by atoms with Gasteiger partial charge < -0.3 is 9.80 Å². The Balaban J connectivity index is 1.22. The zero-order chi connectivity index (χ0) is 20.4. The molecule has 0 aromatic carbocycles. The molecule has 10 heteroatoms. The molecule has 0 spiro atoms. The van der Waals surface area contributed by atoms with Gasteiger partial charge in [-0.25, -0.2) is 4.98 Å². The molecule has 29 heavy (non-hydrogen) atoms. The lowest BCUT2D eigenvalue weighted by Gasteiger charge is -2.39. The summed E-state index contributed by atoms with van der Waals surface area (Å²) < 4.78 is 38.5. The summed E-state index contributed by atoms with van der Waals surface area (Å²) in [6, 6.07) is 3.71. The summed E-state index contributed by atoms with van der Waals surface area (Å²) >= 11 is 0. The zero-order valence-electron chi connectivity index (χ0n) is 15.9. The van der Waals surface area contributed by atoms with Crippen LogP contribution in [0.4, 0.5) is 19.0 Å². The van der Waals surface area contributed by atoms with Crippen LogP contribution in [-0.2, 0) is 11.2 Å². The van der Waals surface area contributed by atoms with Crippen molar-refractivity contribution in [1.82, 2.24) is 25.3 Å². The van der Waals surface area contributed by atoms with E-state index in [-0.39, 0.29) is 24.8 Å². The Morgan fingerprint density at radius 2 is 2.03 bits per heavy atom. The Kier molecular flexibility index (Phi) is 5.42. The lowest BCUT2D eigenvalue weighted by molar-refractivity contribution is -0.168. The summed E-state index contributed by atoms with van der Waals surface area (Å²) in [6.45, 7) is 1.65. The molecular weight excluding hydrogens is 385 g/mol. The van der Waals surface area contributed by atoms with E-state index in [1.165, 1.54) is 0 Å². The predicted molar refractivity (Wildman–Crippen MR) is 99.3 cm³/mol. The van der Waals surface area contributed by atoms with Gasteiger partial charge in [0.25, 0.3) is 0 Å². The topological polar surface area (TPSA) is 78.0 Å². The van der Waals surface area contributed by atoms with Crippen molar-refractivity contribution in [2.45, 2.75) is 37.8 Å². The lowest BCUT2D eigenvalue weighted by Crippen LogP contribution is -2.48. The number of alkyl halides is 3. The van der Waals surface area contributed by atoms with Crippen LogP contribution in [0.2, 0.25) is 0 Å². The number of carbonyl (C=O) groups excluding carboxylic acids is 1. The molecule has 7 nitrogen and oxygen atoms in total. The number of nitrogens with zero attached hydrogens (tertiary/aromatic N) is 5. The third kappa shape index (κ3) is 4.51. The zero-order valence-corrected chi connectivity index (χ0v) is 15.9. The number of hydrogen-bond donors (Lipinski definition) is 1. The number of rotatable bonds is 6. The van der Waals surface area contributed by atoms with Crippen molar-refractivity contribution >= 4 is 11.7 Å². The van der Waals surface area contributed by atoms with Gasteiger partial charge in [0.15, 0.2) is 0 Å². The molecule has 4 rings (SSSR count). The molecule has 1 atom stereocenters. The molecule has 0 radical (unpaired) electrons. The molecule has 2 aromatic heterocycles. The fourth-order valence-electron chi connectivity index (χ4n) is 3.88. The highest BCUT2D eigenvalue weighted by molar-refractivity contribution is 5.77. The Bertz CT molecular complexity index is 817. The van der Waals surface area contributed by atoms with Crippen molar-refractivity contribution in [3.05, 3.63) is 35.8 Å². The molecule has 1 unspecified atom stereocenters. The largest absolute Gasteiger partial charge is 0.393 e. The number of anilines is 1. The van der Waals surface area contributed by atoms with Gasteiger partial charge >= 0.3 is 6.18 Å². The van der Waals surface area contributed by atoms with Crippen LogP contribution in [0.25, 0.3) is 0 Å². The molecule has 156 valence electrons. The third-order valence-corrected chi connectivity index (χ3v) is 5.74. The van der Waals surface area contributed by atoms with Gasteiger partial charge in [0.2, 0.25) is 5.91 Å². The first kappa shape index (κ1) is 19.7. The molecule has 0 saturated carbocycles. The normalized spacial score (nSPS) is 20.2. The fraction of sp³-hybridized carbons (Fsp3) is 0.579. The first-order valence-corrected chi connectivity index (χ1v) is 9.80. The van der Waals surface area contributed by atoms with E-state index >= 15 is 0 Å². The Hall–Kier alpha value is -2.65. The third-order valence-electron chi connectivity index (χ3n) is 5.74. The van der Waals surface area contributed by atoms with E-state index in [0.29, 0.717) is 31.9 Å². The molecule has 2 fully saturated rings. The Labute approximate surface area is 166 Å². The number of nitrogens with one attached hydrogen (secondary N) is 1. The van der Waals surface area contributed by atoms with Crippen molar-refractivity contribution in [2.24, 2.45) is 5.92 Å². The van der Waals surface area contributed by atoms with Gasteiger partial charge in [-0.05, 0) is 30.9 Å². The van der Waals surface area contributed by atoms with Crippen LogP contribution in [0.15, 0.2) is 24.5 Å². The lowest BCUT2D eigenvalue weighted by atomic mass is 9.92. The van der Waals surface area contributed by atoms with Crippen LogP contribution in [0.3, 0.4) is 0 Å². The van der Waals surface area contributed by atoms with Crippen LogP contribution in [0.1, 0.15) is 36.4 Å². The smallest absolute Gasteiger partial charge is 0.356 e. The number of aromatic nitrogens is 4. The molecular formula is C19H23F3N6O. The molecule has 2 aromatic rings. The average molecular weight is 408 g/mol. The average Bonchev–Trinajstić information content (AvgIpc) is 3.33. The summed E-state index contributed by atoms with van der Waals surface area (Å²) in [5.41, 5.74) is 1.87. The van der Waals surface area contributed by atoms with Crippen molar-refractivity contribution in [2.75, 3.05) is 31.1 Å². The van der Waals surface area contributed by atoms with E-state index < -0.39 is 12.1 Å². The molecule has 2 aliphatic rings. The first-order valence-electron chi connectivity index (χ1n) is 9.80. The summed E-state index contributed by atoms with van der Waals surface area (Å²) in [6.07, 6.45) is 1.29. The number of H-pyrrole nitrogens is 1. The number of aryl methyl sites for hydroxylation is 1. The van der Waals surface area contributed by atoms with Gasteiger partial charge in [-0.2, -0.15) is 28.6 Å². The van der Waals surface area contributed by atoms with Crippen molar-refractivity contribution < 1.29 is 18.0 Å². The molecule has 0 bridgehead atoms. The quantitative estimate of drug-likeness (QED) is 0.795. The van der Waals surface area contributed by atoms with Gasteiger partial charge in [0.1, 0.15) is 5.82 Å². The van der Waals surface area contributed by atoms with Gasteiger partial charge in [-0.15, -0.1) is 0 Å². The fourth-order valence-corrected chi connectivity index (χ4v) is 3.88. The van der Waals surface area contributed by atoms with Crippen LogP contribution in [0.5, 0.6) is 0 Å². The Morgan fingerprint density at radius 1 is 1.21 bits per heavy atom. The summed E-state index contributed by atoms with van der Waals surface area (Å²) in [5.74, 6) is -0.331. The van der Waals surface area contributed by atoms with Gasteiger partial charge in [-0.3, -0.25) is 4.79 Å². The maximum atomic E-state index is 12.8. The van der Waals surface area contributed by atoms with Crippen molar-refractivity contribution in [3.8, 4) is 0 Å². The van der Waals surface area contributed by atoms with Crippen LogP contribution in [0, 0.1) is 5.92 Å². The maximum Gasteiger partial charge on any atom is 0.393 e. The molecule has 2 aliphatic heterocycles. The maximum absolute atomic E-state index is 12.8. The number of pyridine rings is 1. The van der Waals surface area contributed by atoms with E-state index in [9.17, 15) is 18.0 Å². The van der Waals surface area contributed by atoms with Crippen molar-refractivity contribution in [3.63, 3.8) is 0 Å². The van der Waals surface area contributed by atoms with E-state index in [0.717, 1.165) is 24.1 Å². The standard InChI is InChI=1S/C19H23F3N6O/c20-19(21,22)15-6-7-27(12-15)17-5-4-13(8-23-17)14-10-28(11-14)18(29)3-1-2-16-9-24-26-25-16/h4-5,8-9,14-15H,1-3,6-7,10-12H2,(H,24,25,26). The first-order chi connectivity index (χ1) is 13.9. The van der Waals surface area contributed by atoms with E-state index in [2.05, 4.69) is 20.4 Å². The molecule has 1 N–H and O–H groups in total. The van der Waals surface area contributed by atoms with Gasteiger partial charge in [0.05, 0.1) is 17.8 Å². The minimum absolute atomic E-state index is 0.0319. The SMILES string of the molecule is O=C(CCCc1cn[nH]n1)N1CC(c2ccc(N3CCC(C(F)(F)F)C3)nc2)C1. The van der Waals surface area contributed by atoms with Gasteiger partial charge in [-0.1, -0.05) is 6.07 Å². The number of amides is 1. The second-order valence-corrected chi connectivity index (χ2v) is 7.73. The van der Waals surface area contributed by atoms with Gasteiger partial charge in [0, 0.05) is 44.7 Å². The number of hydrogen-bond acceptors (Lipinski definition) is 5. The second-order valence-electron chi connectivity index (χ2n) is 7.73. The molecule has 0 aliphatic carbocycles. The van der Waals surface area contributed by atoms with E-state index in [1.807, 2.05) is 11.0 Å². The summed E-state index contributed by atoms with van der Waals surface area (Å²) in [4.78, 5) is 20.1. The minimum Gasteiger partial charge on any atom is -0.356 e. The number of carbonyl (C=O) groups is 1. The highest BCUT2D eigenvalue weighted by Crippen LogP contribution is 2.35.